The third-order valence-corrected chi connectivity index (χ3v) is 2.99. The first-order valence-corrected chi connectivity index (χ1v) is 5.25. The Hall–Kier alpha value is -0.600. The third-order valence-electron chi connectivity index (χ3n) is 2.64. The topological polar surface area (TPSA) is 26.0 Å². The SMILES string of the molecule is N[C@H](CC1CC1)c1cc(F)ccc1Cl. The van der Waals surface area contributed by atoms with Crippen LogP contribution in [0.3, 0.4) is 0 Å². The van der Waals surface area contributed by atoms with E-state index in [1.807, 2.05) is 0 Å². The van der Waals surface area contributed by atoms with E-state index in [0.717, 1.165) is 17.9 Å². The lowest BCUT2D eigenvalue weighted by atomic mass is 10.0. The Morgan fingerprint density at radius 1 is 1.50 bits per heavy atom. The average molecular weight is 214 g/mol. The van der Waals surface area contributed by atoms with Crippen molar-refractivity contribution in [1.29, 1.82) is 0 Å². The van der Waals surface area contributed by atoms with Crippen molar-refractivity contribution in [3.8, 4) is 0 Å². The van der Waals surface area contributed by atoms with Gasteiger partial charge in [-0.1, -0.05) is 24.4 Å². The van der Waals surface area contributed by atoms with Gasteiger partial charge in [-0.25, -0.2) is 4.39 Å². The maximum atomic E-state index is 12.9. The Bertz CT molecular complexity index is 336. The van der Waals surface area contributed by atoms with Crippen LogP contribution in [0.1, 0.15) is 30.9 Å². The molecule has 1 fully saturated rings. The summed E-state index contributed by atoms with van der Waals surface area (Å²) in [5.74, 6) is 0.458. The van der Waals surface area contributed by atoms with Crippen LogP contribution in [0.2, 0.25) is 5.02 Å². The zero-order chi connectivity index (χ0) is 10.1. The van der Waals surface area contributed by atoms with Gasteiger partial charge in [-0.3, -0.25) is 0 Å². The maximum absolute atomic E-state index is 12.9. The molecule has 0 amide bonds. The highest BCUT2D eigenvalue weighted by atomic mass is 35.5. The Labute approximate surface area is 88.1 Å². The molecule has 1 aromatic rings. The molecule has 0 radical (unpaired) electrons. The Balaban J connectivity index is 2.15. The fourth-order valence-corrected chi connectivity index (χ4v) is 1.90. The van der Waals surface area contributed by atoms with Gasteiger partial charge in [0, 0.05) is 11.1 Å². The molecule has 3 heteroatoms. The zero-order valence-electron chi connectivity index (χ0n) is 7.84. The van der Waals surface area contributed by atoms with Crippen LogP contribution in [0.5, 0.6) is 0 Å². The monoisotopic (exact) mass is 213 g/mol. The molecular weight excluding hydrogens is 201 g/mol. The van der Waals surface area contributed by atoms with Gasteiger partial charge in [0.1, 0.15) is 5.82 Å². The molecule has 0 unspecified atom stereocenters. The molecule has 76 valence electrons. The smallest absolute Gasteiger partial charge is 0.123 e. The second kappa shape index (κ2) is 3.87. The van der Waals surface area contributed by atoms with Crippen LogP contribution in [-0.4, -0.2) is 0 Å². The molecule has 2 rings (SSSR count). The summed E-state index contributed by atoms with van der Waals surface area (Å²) in [5, 5.41) is 0.569. The van der Waals surface area contributed by atoms with Gasteiger partial charge in [-0.2, -0.15) is 0 Å². The molecule has 0 saturated heterocycles. The second-order valence-electron chi connectivity index (χ2n) is 3.95. The minimum atomic E-state index is -0.268. The van der Waals surface area contributed by atoms with E-state index in [9.17, 15) is 4.39 Å². The molecule has 0 aromatic heterocycles. The van der Waals surface area contributed by atoms with E-state index in [1.165, 1.54) is 25.0 Å². The van der Waals surface area contributed by atoms with Gasteiger partial charge in [0.2, 0.25) is 0 Å². The number of benzene rings is 1. The summed E-state index contributed by atoms with van der Waals surface area (Å²) < 4.78 is 12.9. The number of hydrogen-bond acceptors (Lipinski definition) is 1. The van der Waals surface area contributed by atoms with E-state index < -0.39 is 0 Å². The van der Waals surface area contributed by atoms with Gasteiger partial charge < -0.3 is 5.73 Å². The lowest BCUT2D eigenvalue weighted by Gasteiger charge is -2.12. The van der Waals surface area contributed by atoms with E-state index in [1.54, 1.807) is 6.07 Å². The molecule has 1 aromatic carbocycles. The number of hydrogen-bond donors (Lipinski definition) is 1. The van der Waals surface area contributed by atoms with Crippen LogP contribution >= 0.6 is 11.6 Å². The Morgan fingerprint density at radius 3 is 2.86 bits per heavy atom. The molecule has 14 heavy (non-hydrogen) atoms. The van der Waals surface area contributed by atoms with Crippen LogP contribution in [0.4, 0.5) is 4.39 Å². The third kappa shape index (κ3) is 2.25. The van der Waals surface area contributed by atoms with Crippen molar-refractivity contribution in [3.63, 3.8) is 0 Å². The van der Waals surface area contributed by atoms with Crippen molar-refractivity contribution >= 4 is 11.6 Å². The maximum Gasteiger partial charge on any atom is 0.123 e. The van der Waals surface area contributed by atoms with E-state index >= 15 is 0 Å². The van der Waals surface area contributed by atoms with E-state index in [2.05, 4.69) is 0 Å². The highest BCUT2D eigenvalue weighted by molar-refractivity contribution is 6.31. The first kappa shape index (κ1) is 9.94. The lowest BCUT2D eigenvalue weighted by Crippen LogP contribution is -2.11. The minimum Gasteiger partial charge on any atom is -0.324 e. The second-order valence-corrected chi connectivity index (χ2v) is 4.36. The van der Waals surface area contributed by atoms with E-state index in [-0.39, 0.29) is 11.9 Å². The van der Waals surface area contributed by atoms with Crippen molar-refractivity contribution in [2.75, 3.05) is 0 Å². The van der Waals surface area contributed by atoms with Crippen molar-refractivity contribution < 1.29 is 4.39 Å². The highest BCUT2D eigenvalue weighted by Crippen LogP contribution is 2.38. The van der Waals surface area contributed by atoms with E-state index in [4.69, 9.17) is 17.3 Å². The lowest BCUT2D eigenvalue weighted by molar-refractivity contribution is 0.583. The number of nitrogens with two attached hydrogens (primary N) is 1. The molecule has 1 nitrogen and oxygen atoms in total. The Kier molecular flexibility index (Phi) is 2.75. The fraction of sp³-hybridized carbons (Fsp3) is 0.455. The first-order chi connectivity index (χ1) is 6.66. The minimum absolute atomic E-state index is 0.120. The van der Waals surface area contributed by atoms with Gasteiger partial charge in [-0.05, 0) is 36.1 Å². The number of rotatable bonds is 3. The van der Waals surface area contributed by atoms with Crippen molar-refractivity contribution in [1.82, 2.24) is 0 Å². The molecule has 0 aliphatic heterocycles. The molecule has 1 atom stereocenters. The summed E-state index contributed by atoms with van der Waals surface area (Å²) in [7, 11) is 0. The van der Waals surface area contributed by atoms with Crippen LogP contribution < -0.4 is 5.73 Å². The van der Waals surface area contributed by atoms with Gasteiger partial charge in [-0.15, -0.1) is 0 Å². The van der Waals surface area contributed by atoms with Crippen LogP contribution in [0, 0.1) is 11.7 Å². The molecule has 2 N–H and O–H groups in total. The van der Waals surface area contributed by atoms with Crippen molar-refractivity contribution in [2.45, 2.75) is 25.3 Å². The zero-order valence-corrected chi connectivity index (χ0v) is 8.60. The largest absolute Gasteiger partial charge is 0.324 e. The Morgan fingerprint density at radius 2 is 2.21 bits per heavy atom. The summed E-state index contributed by atoms with van der Waals surface area (Å²) in [6, 6.07) is 4.25. The predicted octanol–water partition coefficient (Wildman–Crippen LogP) is 3.28. The van der Waals surface area contributed by atoms with Crippen molar-refractivity contribution in [2.24, 2.45) is 11.7 Å². The average Bonchev–Trinajstić information content (AvgIpc) is 2.93. The molecule has 1 aliphatic rings. The van der Waals surface area contributed by atoms with Crippen LogP contribution in [-0.2, 0) is 0 Å². The molecule has 0 bridgehead atoms. The quantitative estimate of drug-likeness (QED) is 0.820. The normalized spacial score (nSPS) is 18.2. The van der Waals surface area contributed by atoms with Gasteiger partial charge in [0.15, 0.2) is 0 Å². The van der Waals surface area contributed by atoms with Gasteiger partial charge in [0.25, 0.3) is 0 Å². The molecule has 0 spiro atoms. The van der Waals surface area contributed by atoms with Gasteiger partial charge in [0.05, 0.1) is 0 Å². The van der Waals surface area contributed by atoms with Crippen molar-refractivity contribution in [3.05, 3.63) is 34.6 Å². The summed E-state index contributed by atoms with van der Waals surface area (Å²) in [5.41, 5.74) is 6.69. The van der Waals surface area contributed by atoms with Crippen LogP contribution in [0.15, 0.2) is 18.2 Å². The molecule has 1 aliphatic carbocycles. The standard InChI is InChI=1S/C11H13ClFN/c12-10-4-3-8(13)6-9(10)11(14)5-7-1-2-7/h3-4,6-7,11H,1-2,5,14H2/t11-/m1/s1. The van der Waals surface area contributed by atoms with E-state index in [0.29, 0.717) is 5.02 Å². The predicted molar refractivity (Wildman–Crippen MR) is 55.7 cm³/mol. The molecule has 0 heterocycles. The first-order valence-electron chi connectivity index (χ1n) is 4.87. The summed E-state index contributed by atoms with van der Waals surface area (Å²) in [6.07, 6.45) is 3.42. The fourth-order valence-electron chi connectivity index (χ4n) is 1.64. The molecule has 1 saturated carbocycles. The summed E-state index contributed by atoms with van der Waals surface area (Å²) >= 11 is 5.95. The highest BCUT2D eigenvalue weighted by Gasteiger charge is 2.25. The van der Waals surface area contributed by atoms with Gasteiger partial charge >= 0.3 is 0 Å². The summed E-state index contributed by atoms with van der Waals surface area (Å²) in [4.78, 5) is 0. The van der Waals surface area contributed by atoms with Crippen LogP contribution in [0.25, 0.3) is 0 Å². The molecular formula is C11H13ClFN. The summed E-state index contributed by atoms with van der Waals surface area (Å²) in [6.45, 7) is 0. The number of halogens is 2.